The number of hydrogen-bond donors (Lipinski definition) is 1. The summed E-state index contributed by atoms with van der Waals surface area (Å²) in [5, 5.41) is 13.5. The molecule has 0 aliphatic carbocycles. The van der Waals surface area contributed by atoms with Gasteiger partial charge in [0.15, 0.2) is 0 Å². The van der Waals surface area contributed by atoms with Gasteiger partial charge in [-0.15, -0.1) is 0 Å². The Hall–Kier alpha value is -1.36. The molecule has 0 spiro atoms. The normalized spacial score (nSPS) is 21.9. The highest BCUT2D eigenvalue weighted by atomic mass is 16.3. The van der Waals surface area contributed by atoms with Crippen LogP contribution in [0.5, 0.6) is 0 Å². The predicted molar refractivity (Wildman–Crippen MR) is 69.3 cm³/mol. The average molecular weight is 251 g/mol. The van der Waals surface area contributed by atoms with Crippen molar-refractivity contribution in [2.45, 2.75) is 33.2 Å². The fourth-order valence-corrected chi connectivity index (χ4v) is 2.24. The van der Waals surface area contributed by atoms with Crippen LogP contribution in [0.15, 0.2) is 12.3 Å². The molecule has 1 aliphatic rings. The molecule has 0 bridgehead atoms. The standard InChI is InChI=1S/C13H21N3O2/c1-9(2)10(3)16-12(4-5-14-16)15-7-11(8-17)6-13(15)18/h4-5,9-11,17H,6-8H2,1-3H3. The Kier molecular flexibility index (Phi) is 3.71. The Bertz CT molecular complexity index is 428. The van der Waals surface area contributed by atoms with E-state index in [0.717, 1.165) is 5.82 Å². The lowest BCUT2D eigenvalue weighted by Gasteiger charge is -2.23. The van der Waals surface area contributed by atoms with E-state index in [1.165, 1.54) is 0 Å². The lowest BCUT2D eigenvalue weighted by molar-refractivity contribution is -0.117. The third-order valence-corrected chi connectivity index (χ3v) is 3.74. The fraction of sp³-hybridized carbons (Fsp3) is 0.692. The Morgan fingerprint density at radius 2 is 2.22 bits per heavy atom. The van der Waals surface area contributed by atoms with Gasteiger partial charge in [-0.3, -0.25) is 9.69 Å². The molecule has 1 N–H and O–H groups in total. The van der Waals surface area contributed by atoms with Crippen LogP contribution < -0.4 is 4.90 Å². The highest BCUT2D eigenvalue weighted by Gasteiger charge is 2.32. The Balaban J connectivity index is 2.24. The SMILES string of the molecule is CC(C)C(C)n1nccc1N1CC(CO)CC1=O. The fourth-order valence-electron chi connectivity index (χ4n) is 2.24. The van der Waals surface area contributed by atoms with E-state index in [1.54, 1.807) is 11.1 Å². The molecular formula is C13H21N3O2. The van der Waals surface area contributed by atoms with Crippen LogP contribution in [0, 0.1) is 11.8 Å². The van der Waals surface area contributed by atoms with Crippen LogP contribution in [0.1, 0.15) is 33.2 Å². The molecule has 1 fully saturated rings. The summed E-state index contributed by atoms with van der Waals surface area (Å²) in [7, 11) is 0. The van der Waals surface area contributed by atoms with Gasteiger partial charge in [0.2, 0.25) is 5.91 Å². The molecule has 100 valence electrons. The summed E-state index contributed by atoms with van der Waals surface area (Å²) in [6.07, 6.45) is 2.16. The Morgan fingerprint density at radius 3 is 2.78 bits per heavy atom. The van der Waals surface area contributed by atoms with Crippen LogP contribution >= 0.6 is 0 Å². The minimum atomic E-state index is 0.0511. The van der Waals surface area contributed by atoms with Crippen LogP contribution in [0.4, 0.5) is 5.82 Å². The van der Waals surface area contributed by atoms with E-state index in [0.29, 0.717) is 18.9 Å². The van der Waals surface area contributed by atoms with Crippen LogP contribution in [0.25, 0.3) is 0 Å². The zero-order valence-electron chi connectivity index (χ0n) is 11.2. The number of aromatic nitrogens is 2. The van der Waals surface area contributed by atoms with Crippen molar-refractivity contribution in [3.8, 4) is 0 Å². The van der Waals surface area contributed by atoms with E-state index in [-0.39, 0.29) is 24.5 Å². The number of hydrogen-bond acceptors (Lipinski definition) is 3. The van der Waals surface area contributed by atoms with Crippen molar-refractivity contribution in [1.82, 2.24) is 9.78 Å². The molecule has 1 saturated heterocycles. The van der Waals surface area contributed by atoms with Gasteiger partial charge in [0.05, 0.1) is 12.2 Å². The summed E-state index contributed by atoms with van der Waals surface area (Å²) in [6, 6.07) is 2.12. The maximum Gasteiger partial charge on any atom is 0.228 e. The van der Waals surface area contributed by atoms with Crippen molar-refractivity contribution in [2.75, 3.05) is 18.1 Å². The van der Waals surface area contributed by atoms with Crippen molar-refractivity contribution in [3.05, 3.63) is 12.3 Å². The molecule has 5 heteroatoms. The molecule has 1 aromatic rings. The monoisotopic (exact) mass is 251 g/mol. The second kappa shape index (κ2) is 5.10. The largest absolute Gasteiger partial charge is 0.396 e. The number of carbonyl (C=O) groups excluding carboxylic acids is 1. The van der Waals surface area contributed by atoms with E-state index >= 15 is 0 Å². The summed E-state index contributed by atoms with van der Waals surface area (Å²) in [5.74, 6) is 1.43. The predicted octanol–water partition coefficient (Wildman–Crippen LogP) is 1.45. The third kappa shape index (κ3) is 2.27. The van der Waals surface area contributed by atoms with Gasteiger partial charge in [0, 0.05) is 31.6 Å². The van der Waals surface area contributed by atoms with Crippen molar-refractivity contribution < 1.29 is 9.90 Å². The maximum atomic E-state index is 12.0. The average Bonchev–Trinajstić information content (AvgIpc) is 2.93. The van der Waals surface area contributed by atoms with Crippen molar-refractivity contribution in [1.29, 1.82) is 0 Å². The molecule has 0 saturated carbocycles. The first-order chi connectivity index (χ1) is 8.54. The van der Waals surface area contributed by atoms with Gasteiger partial charge < -0.3 is 5.11 Å². The zero-order valence-corrected chi connectivity index (χ0v) is 11.2. The third-order valence-electron chi connectivity index (χ3n) is 3.74. The van der Waals surface area contributed by atoms with Gasteiger partial charge in [-0.1, -0.05) is 13.8 Å². The molecule has 2 heterocycles. The second-order valence-corrected chi connectivity index (χ2v) is 5.38. The molecule has 0 radical (unpaired) electrons. The molecule has 2 rings (SSSR count). The lowest BCUT2D eigenvalue weighted by Crippen LogP contribution is -2.29. The molecule has 1 aromatic heterocycles. The molecule has 18 heavy (non-hydrogen) atoms. The molecule has 2 unspecified atom stereocenters. The molecule has 1 aliphatic heterocycles. The quantitative estimate of drug-likeness (QED) is 0.881. The molecular weight excluding hydrogens is 230 g/mol. The summed E-state index contributed by atoms with van der Waals surface area (Å²) in [5.41, 5.74) is 0. The zero-order chi connectivity index (χ0) is 13.3. The molecule has 0 aromatic carbocycles. The van der Waals surface area contributed by atoms with Crippen LogP contribution in [-0.2, 0) is 4.79 Å². The molecule has 1 amide bonds. The van der Waals surface area contributed by atoms with Crippen molar-refractivity contribution in [3.63, 3.8) is 0 Å². The van der Waals surface area contributed by atoms with E-state index in [2.05, 4.69) is 25.9 Å². The topological polar surface area (TPSA) is 58.4 Å². The number of rotatable bonds is 4. The first-order valence-corrected chi connectivity index (χ1v) is 6.49. The van der Waals surface area contributed by atoms with Gasteiger partial charge in [0.1, 0.15) is 5.82 Å². The van der Waals surface area contributed by atoms with E-state index in [1.807, 2.05) is 10.7 Å². The van der Waals surface area contributed by atoms with Crippen molar-refractivity contribution in [2.24, 2.45) is 11.8 Å². The summed E-state index contributed by atoms with van der Waals surface area (Å²) in [4.78, 5) is 13.7. The highest BCUT2D eigenvalue weighted by molar-refractivity contribution is 5.94. The summed E-state index contributed by atoms with van der Waals surface area (Å²) in [6.45, 7) is 7.03. The van der Waals surface area contributed by atoms with E-state index < -0.39 is 0 Å². The number of nitrogens with zero attached hydrogens (tertiary/aromatic N) is 3. The number of anilines is 1. The maximum absolute atomic E-state index is 12.0. The second-order valence-electron chi connectivity index (χ2n) is 5.38. The van der Waals surface area contributed by atoms with Crippen LogP contribution in [0.3, 0.4) is 0 Å². The number of carbonyl (C=O) groups is 1. The van der Waals surface area contributed by atoms with Crippen LogP contribution in [-0.4, -0.2) is 33.9 Å². The smallest absolute Gasteiger partial charge is 0.228 e. The van der Waals surface area contributed by atoms with E-state index in [4.69, 9.17) is 5.11 Å². The number of aliphatic hydroxyl groups excluding tert-OH is 1. The minimum Gasteiger partial charge on any atom is -0.396 e. The minimum absolute atomic E-state index is 0.0511. The van der Waals surface area contributed by atoms with Gasteiger partial charge >= 0.3 is 0 Å². The first kappa shape index (κ1) is 13.1. The van der Waals surface area contributed by atoms with Crippen molar-refractivity contribution >= 4 is 11.7 Å². The molecule has 5 nitrogen and oxygen atoms in total. The van der Waals surface area contributed by atoms with Gasteiger partial charge in [-0.05, 0) is 12.8 Å². The van der Waals surface area contributed by atoms with Gasteiger partial charge in [-0.2, -0.15) is 5.10 Å². The van der Waals surface area contributed by atoms with Gasteiger partial charge in [-0.25, -0.2) is 4.68 Å². The van der Waals surface area contributed by atoms with Crippen LogP contribution in [0.2, 0.25) is 0 Å². The van der Waals surface area contributed by atoms with Gasteiger partial charge in [0.25, 0.3) is 0 Å². The first-order valence-electron chi connectivity index (χ1n) is 6.49. The Labute approximate surface area is 107 Å². The summed E-state index contributed by atoms with van der Waals surface area (Å²) < 4.78 is 1.91. The number of aliphatic hydroxyl groups is 1. The summed E-state index contributed by atoms with van der Waals surface area (Å²) >= 11 is 0. The lowest BCUT2D eigenvalue weighted by atomic mass is 10.1. The highest BCUT2D eigenvalue weighted by Crippen LogP contribution is 2.28. The van der Waals surface area contributed by atoms with E-state index in [9.17, 15) is 4.79 Å². The number of amides is 1. The Morgan fingerprint density at radius 1 is 1.50 bits per heavy atom. The molecule has 2 atom stereocenters.